The molecular weight excluding hydrogens is 343 g/mol. The molecule has 0 saturated carbocycles. The molecule has 2 aromatic heterocycles. The lowest BCUT2D eigenvalue weighted by atomic mass is 10.1. The molecule has 0 aliphatic rings. The van der Waals surface area contributed by atoms with Gasteiger partial charge < -0.3 is 4.98 Å². The second-order valence-electron chi connectivity index (χ2n) is 6.33. The molecule has 0 aliphatic heterocycles. The van der Waals surface area contributed by atoms with Crippen LogP contribution in [0.15, 0.2) is 66.2 Å². The molecule has 0 fully saturated rings. The van der Waals surface area contributed by atoms with E-state index in [1.165, 1.54) is 6.92 Å². The van der Waals surface area contributed by atoms with Crippen molar-refractivity contribution in [3.63, 3.8) is 0 Å². The summed E-state index contributed by atoms with van der Waals surface area (Å²) in [5.41, 5.74) is 2.25. The van der Waals surface area contributed by atoms with Crippen LogP contribution in [-0.4, -0.2) is 26.4 Å². The number of aromatic amines is 1. The van der Waals surface area contributed by atoms with Gasteiger partial charge in [0.15, 0.2) is 0 Å². The number of aryl methyl sites for hydroxylation is 1. The Morgan fingerprint density at radius 1 is 1.22 bits per heavy atom. The van der Waals surface area contributed by atoms with Crippen LogP contribution in [0.3, 0.4) is 0 Å². The molecule has 0 atom stereocenters. The number of pyridine rings is 1. The summed E-state index contributed by atoms with van der Waals surface area (Å²) in [6.45, 7) is 7.48. The first-order valence-electron chi connectivity index (χ1n) is 8.64. The molecular formula is C21H21FN4O. The van der Waals surface area contributed by atoms with Crippen molar-refractivity contribution in [2.24, 2.45) is 0 Å². The molecule has 3 aromatic rings. The van der Waals surface area contributed by atoms with Crippen LogP contribution < -0.4 is 5.56 Å². The van der Waals surface area contributed by atoms with Crippen molar-refractivity contribution in [2.45, 2.75) is 20.0 Å². The van der Waals surface area contributed by atoms with Gasteiger partial charge in [-0.05, 0) is 30.2 Å². The van der Waals surface area contributed by atoms with Crippen molar-refractivity contribution in [3.05, 3.63) is 94.4 Å². The van der Waals surface area contributed by atoms with Crippen LogP contribution in [-0.2, 0) is 13.1 Å². The Balaban J connectivity index is 1.83. The first-order valence-corrected chi connectivity index (χ1v) is 8.64. The molecule has 5 nitrogen and oxygen atoms in total. The van der Waals surface area contributed by atoms with Crippen molar-refractivity contribution >= 4 is 0 Å². The van der Waals surface area contributed by atoms with Gasteiger partial charge in [-0.2, -0.15) is 4.39 Å². The average Bonchev–Trinajstić information content (AvgIpc) is 2.67. The molecule has 1 N–H and O–H groups in total. The predicted octanol–water partition coefficient (Wildman–Crippen LogP) is 3.47. The molecule has 1 aromatic carbocycles. The molecule has 0 bridgehead atoms. The Morgan fingerprint density at radius 3 is 2.70 bits per heavy atom. The van der Waals surface area contributed by atoms with Crippen molar-refractivity contribution in [2.75, 3.05) is 6.54 Å². The van der Waals surface area contributed by atoms with Crippen LogP contribution in [0, 0.1) is 12.7 Å². The minimum Gasteiger partial charge on any atom is -0.304 e. The van der Waals surface area contributed by atoms with E-state index >= 15 is 0 Å². The molecule has 2 heterocycles. The standard InChI is InChI=1S/C21H21FN4O/c1-3-10-26(14-17-7-5-9-23-12-17)13-16-6-4-8-18(11-16)20-24-15(2)19(22)21(27)25-20/h3-9,11-12H,1,10,13-14H2,2H3,(H,24,25,27). The third-order valence-electron chi connectivity index (χ3n) is 4.15. The molecule has 0 aliphatic carbocycles. The zero-order valence-electron chi connectivity index (χ0n) is 15.2. The zero-order chi connectivity index (χ0) is 19.2. The van der Waals surface area contributed by atoms with Gasteiger partial charge in [-0.25, -0.2) is 4.98 Å². The normalized spacial score (nSPS) is 10.9. The number of benzene rings is 1. The first-order chi connectivity index (χ1) is 13.1. The van der Waals surface area contributed by atoms with Gasteiger partial charge in [-0.1, -0.05) is 30.3 Å². The van der Waals surface area contributed by atoms with Crippen molar-refractivity contribution in [1.82, 2.24) is 19.9 Å². The summed E-state index contributed by atoms with van der Waals surface area (Å²) in [6, 6.07) is 11.7. The maximum atomic E-state index is 13.5. The molecule has 138 valence electrons. The van der Waals surface area contributed by atoms with E-state index in [1.54, 1.807) is 6.20 Å². The van der Waals surface area contributed by atoms with Crippen LogP contribution in [0.1, 0.15) is 16.8 Å². The number of halogens is 1. The van der Waals surface area contributed by atoms with E-state index in [0.29, 0.717) is 12.4 Å². The third kappa shape index (κ3) is 4.74. The summed E-state index contributed by atoms with van der Waals surface area (Å²) in [7, 11) is 0. The van der Waals surface area contributed by atoms with Gasteiger partial charge in [0.2, 0.25) is 5.82 Å². The summed E-state index contributed by atoms with van der Waals surface area (Å²) >= 11 is 0. The lowest BCUT2D eigenvalue weighted by molar-refractivity contribution is 0.286. The number of rotatable bonds is 7. The quantitative estimate of drug-likeness (QED) is 0.652. The lowest BCUT2D eigenvalue weighted by Crippen LogP contribution is -2.23. The summed E-state index contributed by atoms with van der Waals surface area (Å²) in [5, 5.41) is 0. The van der Waals surface area contributed by atoms with Crippen LogP contribution >= 0.6 is 0 Å². The third-order valence-corrected chi connectivity index (χ3v) is 4.15. The first kappa shape index (κ1) is 18.7. The van der Waals surface area contributed by atoms with E-state index in [1.807, 2.05) is 48.7 Å². The number of nitrogens with one attached hydrogen (secondary N) is 1. The summed E-state index contributed by atoms with van der Waals surface area (Å²) in [4.78, 5) is 24.7. The van der Waals surface area contributed by atoms with Crippen LogP contribution in [0.2, 0.25) is 0 Å². The number of nitrogens with zero attached hydrogens (tertiary/aromatic N) is 3. The maximum absolute atomic E-state index is 13.5. The number of aromatic nitrogens is 3. The number of hydrogen-bond donors (Lipinski definition) is 1. The molecule has 0 saturated heterocycles. The second kappa shape index (κ2) is 8.51. The fourth-order valence-corrected chi connectivity index (χ4v) is 2.90. The SMILES string of the molecule is C=CCN(Cc1cccnc1)Cc1cccc(-c2nc(C)c(F)c(=O)[nH]2)c1. The van der Waals surface area contributed by atoms with Gasteiger partial charge >= 0.3 is 0 Å². The molecule has 0 spiro atoms. The van der Waals surface area contributed by atoms with Gasteiger partial charge in [-0.3, -0.25) is 14.7 Å². The van der Waals surface area contributed by atoms with E-state index in [0.717, 1.165) is 29.8 Å². The Morgan fingerprint density at radius 2 is 2.00 bits per heavy atom. The zero-order valence-corrected chi connectivity index (χ0v) is 15.2. The van der Waals surface area contributed by atoms with Crippen LogP contribution in [0.25, 0.3) is 11.4 Å². The Labute approximate surface area is 157 Å². The van der Waals surface area contributed by atoms with E-state index in [9.17, 15) is 9.18 Å². The van der Waals surface area contributed by atoms with Gasteiger partial charge in [0.1, 0.15) is 5.82 Å². The summed E-state index contributed by atoms with van der Waals surface area (Å²) in [6.07, 6.45) is 5.47. The smallest absolute Gasteiger partial charge is 0.287 e. The van der Waals surface area contributed by atoms with Gasteiger partial charge in [0.25, 0.3) is 5.56 Å². The molecule has 0 unspecified atom stereocenters. The molecule has 27 heavy (non-hydrogen) atoms. The number of H-pyrrole nitrogens is 1. The highest BCUT2D eigenvalue weighted by Crippen LogP contribution is 2.18. The molecule has 0 amide bonds. The fraction of sp³-hybridized carbons (Fsp3) is 0.190. The topological polar surface area (TPSA) is 61.9 Å². The van der Waals surface area contributed by atoms with Crippen LogP contribution in [0.5, 0.6) is 0 Å². The largest absolute Gasteiger partial charge is 0.304 e. The monoisotopic (exact) mass is 364 g/mol. The van der Waals surface area contributed by atoms with E-state index in [4.69, 9.17) is 0 Å². The van der Waals surface area contributed by atoms with E-state index in [2.05, 4.69) is 26.4 Å². The second-order valence-corrected chi connectivity index (χ2v) is 6.33. The Kier molecular flexibility index (Phi) is 5.88. The molecule has 0 radical (unpaired) electrons. The highest BCUT2D eigenvalue weighted by Gasteiger charge is 2.11. The highest BCUT2D eigenvalue weighted by atomic mass is 19.1. The minimum absolute atomic E-state index is 0.0871. The van der Waals surface area contributed by atoms with Gasteiger partial charge in [0, 0.05) is 37.6 Å². The minimum atomic E-state index is -0.844. The van der Waals surface area contributed by atoms with E-state index in [-0.39, 0.29) is 5.69 Å². The summed E-state index contributed by atoms with van der Waals surface area (Å²) in [5.74, 6) is -0.480. The van der Waals surface area contributed by atoms with Crippen LogP contribution in [0.4, 0.5) is 4.39 Å². The summed E-state index contributed by atoms with van der Waals surface area (Å²) < 4.78 is 13.5. The van der Waals surface area contributed by atoms with Crippen molar-refractivity contribution < 1.29 is 4.39 Å². The van der Waals surface area contributed by atoms with Crippen molar-refractivity contribution in [1.29, 1.82) is 0 Å². The van der Waals surface area contributed by atoms with E-state index < -0.39 is 11.4 Å². The fourth-order valence-electron chi connectivity index (χ4n) is 2.90. The van der Waals surface area contributed by atoms with Gasteiger partial charge in [-0.15, -0.1) is 6.58 Å². The lowest BCUT2D eigenvalue weighted by Gasteiger charge is -2.21. The molecule has 6 heteroatoms. The predicted molar refractivity (Wildman–Crippen MR) is 104 cm³/mol. The maximum Gasteiger partial charge on any atom is 0.287 e. The number of hydrogen-bond acceptors (Lipinski definition) is 4. The Hall–Kier alpha value is -3.12. The molecule has 3 rings (SSSR count). The highest BCUT2D eigenvalue weighted by molar-refractivity contribution is 5.56. The Bertz CT molecular complexity index is 985. The van der Waals surface area contributed by atoms with Crippen molar-refractivity contribution in [3.8, 4) is 11.4 Å². The average molecular weight is 364 g/mol. The van der Waals surface area contributed by atoms with Gasteiger partial charge in [0.05, 0.1) is 5.69 Å².